The Balaban J connectivity index is 1.28. The van der Waals surface area contributed by atoms with Gasteiger partial charge in [0.2, 0.25) is 5.76 Å². The summed E-state index contributed by atoms with van der Waals surface area (Å²) in [4.78, 5) is 14.9. The molecule has 1 saturated heterocycles. The van der Waals surface area contributed by atoms with Crippen molar-refractivity contribution in [2.75, 3.05) is 23.3 Å². The summed E-state index contributed by atoms with van der Waals surface area (Å²) in [5.74, 6) is 1.46. The van der Waals surface area contributed by atoms with Crippen molar-refractivity contribution in [1.29, 1.82) is 0 Å². The maximum absolute atomic E-state index is 12.6. The molecule has 8 heteroatoms. The zero-order chi connectivity index (χ0) is 21.8. The van der Waals surface area contributed by atoms with Gasteiger partial charge in [-0.25, -0.2) is 0 Å². The van der Waals surface area contributed by atoms with Crippen molar-refractivity contribution in [3.05, 3.63) is 66.6 Å². The first-order valence-corrected chi connectivity index (χ1v) is 10.8. The van der Waals surface area contributed by atoms with E-state index in [1.54, 1.807) is 18.2 Å². The van der Waals surface area contributed by atoms with Crippen LogP contribution in [0.4, 0.5) is 11.5 Å². The molecule has 1 aliphatic heterocycles. The monoisotopic (exact) mass is 429 g/mol. The van der Waals surface area contributed by atoms with E-state index in [-0.39, 0.29) is 11.6 Å². The maximum atomic E-state index is 12.6. The number of nitrogens with one attached hydrogen (secondary N) is 1. The predicted octanol–water partition coefficient (Wildman–Crippen LogP) is 5.02. The Morgan fingerprint density at radius 2 is 1.78 bits per heavy atom. The molecule has 0 radical (unpaired) electrons. The van der Waals surface area contributed by atoms with Gasteiger partial charge in [0.15, 0.2) is 17.3 Å². The number of anilines is 2. The van der Waals surface area contributed by atoms with Gasteiger partial charge < -0.3 is 19.2 Å². The summed E-state index contributed by atoms with van der Waals surface area (Å²) < 4.78 is 10.5. The van der Waals surface area contributed by atoms with Crippen molar-refractivity contribution in [1.82, 2.24) is 15.4 Å². The second kappa shape index (κ2) is 9.05. The number of hydrogen-bond acceptors (Lipinski definition) is 7. The van der Waals surface area contributed by atoms with E-state index in [2.05, 4.69) is 25.6 Å². The van der Waals surface area contributed by atoms with Crippen molar-refractivity contribution in [2.45, 2.75) is 25.7 Å². The molecule has 1 N–H and O–H groups in total. The van der Waals surface area contributed by atoms with E-state index in [1.165, 1.54) is 31.9 Å². The quantitative estimate of drug-likeness (QED) is 0.475. The average molecular weight is 429 g/mol. The van der Waals surface area contributed by atoms with Crippen LogP contribution in [0.5, 0.6) is 0 Å². The van der Waals surface area contributed by atoms with Crippen LogP contribution in [0.3, 0.4) is 0 Å². The molecular formula is C24H23N5O3. The average Bonchev–Trinajstić information content (AvgIpc) is 3.46. The highest BCUT2D eigenvalue weighted by Gasteiger charge is 2.16. The van der Waals surface area contributed by atoms with Gasteiger partial charge in [-0.1, -0.05) is 30.1 Å². The van der Waals surface area contributed by atoms with Gasteiger partial charge in [-0.05, 0) is 49.2 Å². The molecule has 1 amide bonds. The van der Waals surface area contributed by atoms with Crippen molar-refractivity contribution >= 4 is 17.4 Å². The molecule has 0 saturated carbocycles. The minimum atomic E-state index is -0.369. The lowest BCUT2D eigenvalue weighted by Gasteiger charge is -2.20. The molecule has 4 heterocycles. The molecule has 0 unspecified atom stereocenters. The van der Waals surface area contributed by atoms with Gasteiger partial charge in [0.05, 0.1) is 12.0 Å². The lowest BCUT2D eigenvalue weighted by atomic mass is 10.1. The molecule has 3 aromatic heterocycles. The van der Waals surface area contributed by atoms with Crippen LogP contribution < -0.4 is 10.2 Å². The number of furan rings is 1. The predicted molar refractivity (Wildman–Crippen MR) is 120 cm³/mol. The molecule has 1 aliphatic rings. The third-order valence-electron chi connectivity index (χ3n) is 5.50. The molecule has 5 rings (SSSR count). The molecule has 4 aromatic rings. The molecule has 32 heavy (non-hydrogen) atoms. The smallest absolute Gasteiger partial charge is 0.277 e. The van der Waals surface area contributed by atoms with E-state index in [1.807, 2.05) is 36.4 Å². The Labute approximate surface area is 185 Å². The van der Waals surface area contributed by atoms with Crippen LogP contribution in [-0.4, -0.2) is 34.4 Å². The van der Waals surface area contributed by atoms with Crippen molar-refractivity contribution in [3.8, 4) is 22.8 Å². The number of rotatable bonds is 5. The van der Waals surface area contributed by atoms with Gasteiger partial charge in [-0.3, -0.25) is 4.79 Å². The van der Waals surface area contributed by atoms with Crippen LogP contribution in [0.15, 0.2) is 69.8 Å². The first-order chi connectivity index (χ1) is 15.8. The molecule has 1 aromatic carbocycles. The Morgan fingerprint density at radius 3 is 2.53 bits per heavy atom. The highest BCUT2D eigenvalue weighted by molar-refractivity contribution is 6.03. The van der Waals surface area contributed by atoms with Crippen LogP contribution in [-0.2, 0) is 0 Å². The summed E-state index contributed by atoms with van der Waals surface area (Å²) in [7, 11) is 0. The van der Waals surface area contributed by atoms with Crippen LogP contribution in [0.1, 0.15) is 36.2 Å². The van der Waals surface area contributed by atoms with E-state index < -0.39 is 0 Å². The first-order valence-electron chi connectivity index (χ1n) is 10.8. The number of hydrogen-bond donors (Lipinski definition) is 1. The summed E-state index contributed by atoms with van der Waals surface area (Å²) in [6.07, 6.45) is 6.48. The number of amides is 1. The Kier molecular flexibility index (Phi) is 5.65. The molecule has 0 spiro atoms. The highest BCUT2D eigenvalue weighted by atomic mass is 16.5. The zero-order valence-electron chi connectivity index (χ0n) is 17.5. The van der Waals surface area contributed by atoms with Crippen LogP contribution >= 0.6 is 0 Å². The fraction of sp³-hybridized carbons (Fsp3) is 0.250. The fourth-order valence-electron chi connectivity index (χ4n) is 3.82. The van der Waals surface area contributed by atoms with E-state index in [9.17, 15) is 4.79 Å². The third-order valence-corrected chi connectivity index (χ3v) is 5.50. The molecule has 8 nitrogen and oxygen atoms in total. The van der Waals surface area contributed by atoms with Crippen molar-refractivity contribution in [2.24, 2.45) is 0 Å². The largest absolute Gasteiger partial charge is 0.461 e. The summed E-state index contributed by atoms with van der Waals surface area (Å²) in [5.41, 5.74) is 2.42. The van der Waals surface area contributed by atoms with Crippen molar-refractivity contribution < 1.29 is 13.7 Å². The van der Waals surface area contributed by atoms with Crippen LogP contribution in [0.25, 0.3) is 22.8 Å². The van der Waals surface area contributed by atoms with Crippen molar-refractivity contribution in [3.63, 3.8) is 0 Å². The number of aromatic nitrogens is 3. The second-order valence-corrected chi connectivity index (χ2v) is 7.77. The second-order valence-electron chi connectivity index (χ2n) is 7.77. The van der Waals surface area contributed by atoms with Crippen LogP contribution in [0, 0.1) is 0 Å². The van der Waals surface area contributed by atoms with Gasteiger partial charge in [0, 0.05) is 30.4 Å². The minimum absolute atomic E-state index is 0.170. The van der Waals surface area contributed by atoms with Gasteiger partial charge in [-0.15, -0.1) is 10.2 Å². The van der Waals surface area contributed by atoms with E-state index >= 15 is 0 Å². The molecule has 0 bridgehead atoms. The van der Waals surface area contributed by atoms with Gasteiger partial charge >= 0.3 is 0 Å². The molecular weight excluding hydrogens is 406 g/mol. The lowest BCUT2D eigenvalue weighted by molar-refractivity contribution is 0.101. The molecule has 0 atom stereocenters. The number of carbonyl (C=O) groups is 1. The van der Waals surface area contributed by atoms with Gasteiger partial charge in [0.1, 0.15) is 0 Å². The first kappa shape index (κ1) is 20.0. The molecule has 162 valence electrons. The number of nitrogens with zero attached hydrogens (tertiary/aromatic N) is 4. The minimum Gasteiger partial charge on any atom is -0.461 e. The summed E-state index contributed by atoms with van der Waals surface area (Å²) in [6, 6.07) is 16.5. The standard InChI is InChI=1S/C24H23N5O3/c30-24(20-16-22(32-28-20)21-9-6-14-31-21)25-18-8-5-7-17(15-18)19-10-11-23(27-26-19)29-12-3-1-2-4-13-29/h5-11,14-16H,1-4,12-13H2,(H,25,30). The van der Waals surface area contributed by atoms with Crippen LogP contribution in [0.2, 0.25) is 0 Å². The SMILES string of the molecule is O=C(Nc1cccc(-c2ccc(N3CCCCCC3)nn2)c1)c1cc(-c2ccco2)on1. The number of benzene rings is 1. The molecule has 0 aliphatic carbocycles. The zero-order valence-corrected chi connectivity index (χ0v) is 17.5. The highest BCUT2D eigenvalue weighted by Crippen LogP contribution is 2.24. The lowest BCUT2D eigenvalue weighted by Crippen LogP contribution is -2.25. The van der Waals surface area contributed by atoms with E-state index in [4.69, 9.17) is 8.94 Å². The Bertz CT molecular complexity index is 1180. The summed E-state index contributed by atoms with van der Waals surface area (Å²) >= 11 is 0. The Morgan fingerprint density at radius 1 is 0.906 bits per heavy atom. The number of carbonyl (C=O) groups excluding carboxylic acids is 1. The normalized spacial score (nSPS) is 14.2. The summed E-state index contributed by atoms with van der Waals surface area (Å²) in [5, 5.41) is 15.5. The fourth-order valence-corrected chi connectivity index (χ4v) is 3.82. The molecule has 1 fully saturated rings. The summed E-state index contributed by atoms with van der Waals surface area (Å²) in [6.45, 7) is 2.05. The van der Waals surface area contributed by atoms with E-state index in [0.717, 1.165) is 30.2 Å². The van der Waals surface area contributed by atoms with E-state index in [0.29, 0.717) is 17.2 Å². The Hall–Kier alpha value is -3.94. The van der Waals surface area contributed by atoms with Gasteiger partial charge in [0.25, 0.3) is 5.91 Å². The maximum Gasteiger partial charge on any atom is 0.277 e. The topological polar surface area (TPSA) is 97.3 Å². The third kappa shape index (κ3) is 4.39. The van der Waals surface area contributed by atoms with Gasteiger partial charge in [-0.2, -0.15) is 0 Å².